The maximum Gasteiger partial charge on any atom is 0.345 e. The largest absolute Gasteiger partial charge is 0.508 e. The van der Waals surface area contributed by atoms with E-state index in [1.54, 1.807) is 49.4 Å². The van der Waals surface area contributed by atoms with E-state index in [0.29, 0.717) is 41.2 Å². The minimum atomic E-state index is -0.620. The fraction of sp³-hybridized carbons (Fsp3) is 0.320. The van der Waals surface area contributed by atoms with Gasteiger partial charge in [-0.05, 0) is 75.0 Å². The molecular formula is C25H30N4O4. The molecule has 0 radical (unpaired) electrons. The highest BCUT2D eigenvalue weighted by Crippen LogP contribution is 2.27. The Balaban J connectivity index is 1.82. The average molecular weight is 451 g/mol. The maximum atomic E-state index is 12.5. The number of aromatic hydroxyl groups is 1. The smallest absolute Gasteiger partial charge is 0.345 e. The predicted octanol–water partition coefficient (Wildman–Crippen LogP) is 2.95. The first kappa shape index (κ1) is 24.0. The lowest BCUT2D eigenvalue weighted by Crippen LogP contribution is -2.40. The molecule has 1 amide bonds. The van der Waals surface area contributed by atoms with Gasteiger partial charge < -0.3 is 25.0 Å². The minimum Gasteiger partial charge on any atom is -0.508 e. The molecule has 1 atom stereocenters. The van der Waals surface area contributed by atoms with Crippen molar-refractivity contribution in [3.63, 3.8) is 0 Å². The molecule has 1 heterocycles. The monoisotopic (exact) mass is 450 g/mol. The Hall–Kier alpha value is -3.65. The van der Waals surface area contributed by atoms with Crippen LogP contribution in [-0.4, -0.2) is 59.2 Å². The Morgan fingerprint density at radius 1 is 1.18 bits per heavy atom. The van der Waals surface area contributed by atoms with E-state index < -0.39 is 11.8 Å². The Morgan fingerprint density at radius 3 is 2.67 bits per heavy atom. The number of likely N-dealkylation sites (N-methyl/N-ethyl adjacent to an activating group) is 1. The molecular weight excluding hydrogens is 420 g/mol. The maximum absolute atomic E-state index is 12.5. The number of aryl methyl sites for hydroxylation is 1. The standard InChI is InChI=1S/C25H30N4O4/c1-5-23(24(31)26-11-12-29(3)4)33-19-8-6-7-17(14-19)20-15-21(28-25(32)27-20)18-9-10-22(30)16(2)13-18/h6-10,13-15,23,30H,5,11-12H2,1-4H3,(H,26,31)(H,27,28,32). The lowest BCUT2D eigenvalue weighted by Gasteiger charge is -2.18. The number of nitrogens with one attached hydrogen (secondary N) is 2. The molecule has 174 valence electrons. The molecule has 8 nitrogen and oxygen atoms in total. The van der Waals surface area contributed by atoms with E-state index in [-0.39, 0.29) is 11.7 Å². The first-order valence-electron chi connectivity index (χ1n) is 10.9. The van der Waals surface area contributed by atoms with Gasteiger partial charge in [0.05, 0.1) is 11.4 Å². The summed E-state index contributed by atoms with van der Waals surface area (Å²) in [7, 11) is 3.89. The van der Waals surface area contributed by atoms with Crippen LogP contribution in [0.15, 0.2) is 53.3 Å². The van der Waals surface area contributed by atoms with Crippen molar-refractivity contribution in [3.05, 3.63) is 64.6 Å². The Bertz CT molecular complexity index is 1170. The molecule has 0 aliphatic carbocycles. The average Bonchev–Trinajstić information content (AvgIpc) is 2.78. The highest BCUT2D eigenvalue weighted by Gasteiger charge is 2.18. The van der Waals surface area contributed by atoms with E-state index in [1.807, 2.05) is 32.0 Å². The van der Waals surface area contributed by atoms with Gasteiger partial charge in [0.25, 0.3) is 5.91 Å². The fourth-order valence-corrected chi connectivity index (χ4v) is 3.32. The zero-order valence-corrected chi connectivity index (χ0v) is 19.4. The van der Waals surface area contributed by atoms with E-state index in [0.717, 1.165) is 12.1 Å². The van der Waals surface area contributed by atoms with Gasteiger partial charge in [-0.15, -0.1) is 0 Å². The molecule has 1 aromatic heterocycles. The van der Waals surface area contributed by atoms with Gasteiger partial charge in [0.15, 0.2) is 6.10 Å². The Labute approximate surface area is 193 Å². The van der Waals surface area contributed by atoms with E-state index in [4.69, 9.17) is 4.74 Å². The number of carbonyl (C=O) groups is 1. The third-order valence-electron chi connectivity index (χ3n) is 5.18. The van der Waals surface area contributed by atoms with Crippen LogP contribution in [0.3, 0.4) is 0 Å². The number of nitrogens with zero attached hydrogens (tertiary/aromatic N) is 2. The summed E-state index contributed by atoms with van der Waals surface area (Å²) >= 11 is 0. The normalized spacial score (nSPS) is 11.9. The van der Waals surface area contributed by atoms with Gasteiger partial charge in [-0.2, -0.15) is 4.98 Å². The summed E-state index contributed by atoms with van der Waals surface area (Å²) in [6.45, 7) is 4.97. The van der Waals surface area contributed by atoms with Crippen LogP contribution >= 0.6 is 0 Å². The highest BCUT2D eigenvalue weighted by molar-refractivity contribution is 5.81. The van der Waals surface area contributed by atoms with Crippen molar-refractivity contribution in [2.45, 2.75) is 26.4 Å². The summed E-state index contributed by atoms with van der Waals surface area (Å²) in [6, 6.07) is 14.1. The molecule has 2 aromatic carbocycles. The second kappa shape index (κ2) is 10.8. The van der Waals surface area contributed by atoms with Gasteiger partial charge in [-0.1, -0.05) is 19.1 Å². The molecule has 0 bridgehead atoms. The number of H-pyrrole nitrogens is 1. The van der Waals surface area contributed by atoms with Crippen LogP contribution in [0.25, 0.3) is 22.5 Å². The second-order valence-electron chi connectivity index (χ2n) is 8.12. The SMILES string of the molecule is CCC(Oc1cccc(-c2cc(-c3ccc(O)c(C)c3)[nH]c(=O)n2)c1)C(=O)NCCN(C)C. The van der Waals surface area contributed by atoms with Crippen molar-refractivity contribution in [2.24, 2.45) is 0 Å². The zero-order chi connectivity index (χ0) is 24.0. The summed E-state index contributed by atoms with van der Waals surface area (Å²) < 4.78 is 5.95. The summed E-state index contributed by atoms with van der Waals surface area (Å²) in [5, 5.41) is 12.7. The third-order valence-corrected chi connectivity index (χ3v) is 5.18. The number of amides is 1. The number of benzene rings is 2. The molecule has 0 aliphatic rings. The van der Waals surface area contributed by atoms with E-state index in [9.17, 15) is 14.7 Å². The molecule has 1 unspecified atom stereocenters. The molecule has 0 saturated carbocycles. The van der Waals surface area contributed by atoms with E-state index in [1.165, 1.54) is 0 Å². The summed E-state index contributed by atoms with van der Waals surface area (Å²) in [5.41, 5.74) is 2.75. The summed E-state index contributed by atoms with van der Waals surface area (Å²) in [6.07, 6.45) is -0.101. The van der Waals surface area contributed by atoms with Crippen molar-refractivity contribution in [2.75, 3.05) is 27.2 Å². The van der Waals surface area contributed by atoms with Crippen LogP contribution in [0.5, 0.6) is 11.5 Å². The second-order valence-corrected chi connectivity index (χ2v) is 8.12. The van der Waals surface area contributed by atoms with E-state index in [2.05, 4.69) is 15.3 Å². The molecule has 33 heavy (non-hydrogen) atoms. The number of aromatic nitrogens is 2. The van der Waals surface area contributed by atoms with Crippen molar-refractivity contribution < 1.29 is 14.6 Å². The van der Waals surface area contributed by atoms with Crippen LogP contribution in [0.1, 0.15) is 18.9 Å². The van der Waals surface area contributed by atoms with Crippen LogP contribution < -0.4 is 15.7 Å². The van der Waals surface area contributed by atoms with Gasteiger partial charge in [0.2, 0.25) is 0 Å². The van der Waals surface area contributed by atoms with Gasteiger partial charge in [-0.25, -0.2) is 4.79 Å². The molecule has 0 spiro atoms. The molecule has 0 saturated heterocycles. The zero-order valence-electron chi connectivity index (χ0n) is 19.4. The fourth-order valence-electron chi connectivity index (χ4n) is 3.32. The van der Waals surface area contributed by atoms with Gasteiger partial charge in [0.1, 0.15) is 11.5 Å². The lowest BCUT2D eigenvalue weighted by atomic mass is 10.1. The van der Waals surface area contributed by atoms with Crippen molar-refractivity contribution in [1.82, 2.24) is 20.2 Å². The predicted molar refractivity (Wildman–Crippen MR) is 128 cm³/mol. The van der Waals surface area contributed by atoms with E-state index >= 15 is 0 Å². The van der Waals surface area contributed by atoms with Crippen LogP contribution in [0, 0.1) is 6.92 Å². The van der Waals surface area contributed by atoms with Crippen molar-refractivity contribution in [1.29, 1.82) is 0 Å². The minimum absolute atomic E-state index is 0.163. The lowest BCUT2D eigenvalue weighted by molar-refractivity contribution is -0.128. The van der Waals surface area contributed by atoms with Crippen LogP contribution in [-0.2, 0) is 4.79 Å². The molecule has 8 heteroatoms. The molecule has 3 rings (SSSR count). The number of rotatable bonds is 9. The molecule has 3 aromatic rings. The number of phenolic OH excluding ortho intramolecular Hbond substituents is 1. The van der Waals surface area contributed by atoms with Crippen LogP contribution in [0.2, 0.25) is 0 Å². The Morgan fingerprint density at radius 2 is 1.97 bits per heavy atom. The topological polar surface area (TPSA) is 108 Å². The summed E-state index contributed by atoms with van der Waals surface area (Å²) in [5.74, 6) is 0.548. The number of hydrogen-bond donors (Lipinski definition) is 3. The first-order chi connectivity index (χ1) is 15.8. The van der Waals surface area contributed by atoms with Crippen molar-refractivity contribution >= 4 is 5.91 Å². The number of aromatic amines is 1. The van der Waals surface area contributed by atoms with Gasteiger partial charge >= 0.3 is 5.69 Å². The first-order valence-corrected chi connectivity index (χ1v) is 10.9. The highest BCUT2D eigenvalue weighted by atomic mass is 16.5. The van der Waals surface area contributed by atoms with Gasteiger partial charge in [0, 0.05) is 18.7 Å². The molecule has 3 N–H and O–H groups in total. The molecule has 0 aliphatic heterocycles. The van der Waals surface area contributed by atoms with Gasteiger partial charge in [-0.3, -0.25) is 4.79 Å². The third kappa shape index (κ3) is 6.43. The molecule has 0 fully saturated rings. The number of phenols is 1. The number of ether oxygens (including phenoxy) is 1. The number of carbonyl (C=O) groups excluding carboxylic acids is 1. The van der Waals surface area contributed by atoms with Crippen LogP contribution in [0.4, 0.5) is 0 Å². The number of hydrogen-bond acceptors (Lipinski definition) is 6. The Kier molecular flexibility index (Phi) is 7.84. The quantitative estimate of drug-likeness (QED) is 0.463. The summed E-state index contributed by atoms with van der Waals surface area (Å²) in [4.78, 5) is 33.6. The van der Waals surface area contributed by atoms with Crippen molar-refractivity contribution in [3.8, 4) is 34.0 Å².